The normalized spacial score (nSPS) is 11.3. The Morgan fingerprint density at radius 1 is 1.31 bits per heavy atom. The number of rotatable bonds is 6. The average Bonchev–Trinajstić information content (AvgIpc) is 2.51. The lowest BCUT2D eigenvalue weighted by Gasteiger charge is -2.10. The summed E-state index contributed by atoms with van der Waals surface area (Å²) >= 11 is 0. The molecule has 0 unspecified atom stereocenters. The topological polar surface area (TPSA) is 38.0 Å². The molecule has 0 aliphatic heterocycles. The predicted molar refractivity (Wildman–Crippen MR) is 66.7 cm³/mol. The van der Waals surface area contributed by atoms with Crippen molar-refractivity contribution in [1.29, 1.82) is 0 Å². The van der Waals surface area contributed by atoms with Crippen LogP contribution in [0.25, 0.3) is 0 Å². The van der Waals surface area contributed by atoms with Gasteiger partial charge >= 0.3 is 0 Å². The Hall–Kier alpha value is -0.990. The maximum absolute atomic E-state index is 9.79. The summed E-state index contributed by atoms with van der Waals surface area (Å²) in [6.45, 7) is 9.57. The van der Waals surface area contributed by atoms with E-state index in [-0.39, 0.29) is 5.88 Å². The van der Waals surface area contributed by atoms with Crippen LogP contribution in [0.4, 0.5) is 0 Å². The van der Waals surface area contributed by atoms with Gasteiger partial charge in [-0.1, -0.05) is 34.1 Å². The fourth-order valence-electron chi connectivity index (χ4n) is 1.99. The van der Waals surface area contributed by atoms with Gasteiger partial charge in [0.1, 0.15) is 0 Å². The highest BCUT2D eigenvalue weighted by Crippen LogP contribution is 2.23. The van der Waals surface area contributed by atoms with Gasteiger partial charge in [-0.25, -0.2) is 0 Å². The lowest BCUT2D eigenvalue weighted by Crippen LogP contribution is -2.09. The number of nitrogens with zero attached hydrogens (tertiary/aromatic N) is 2. The van der Waals surface area contributed by atoms with E-state index in [0.29, 0.717) is 5.92 Å². The summed E-state index contributed by atoms with van der Waals surface area (Å²) in [5.41, 5.74) is 2.26. The molecule has 1 aromatic heterocycles. The van der Waals surface area contributed by atoms with Crippen LogP contribution >= 0.6 is 0 Å². The van der Waals surface area contributed by atoms with Crippen molar-refractivity contribution in [3.63, 3.8) is 0 Å². The third-order valence-corrected chi connectivity index (χ3v) is 2.82. The van der Waals surface area contributed by atoms with E-state index in [9.17, 15) is 5.11 Å². The molecule has 0 fully saturated rings. The zero-order valence-corrected chi connectivity index (χ0v) is 11.0. The average molecular weight is 224 g/mol. The van der Waals surface area contributed by atoms with Gasteiger partial charge in [-0.05, 0) is 25.2 Å². The molecule has 0 atom stereocenters. The molecule has 1 rings (SSSR count). The van der Waals surface area contributed by atoms with Crippen molar-refractivity contribution in [3.8, 4) is 5.88 Å². The molecule has 0 aromatic carbocycles. The van der Waals surface area contributed by atoms with Crippen LogP contribution in [0.3, 0.4) is 0 Å². The van der Waals surface area contributed by atoms with Gasteiger partial charge in [0, 0.05) is 17.8 Å². The summed E-state index contributed by atoms with van der Waals surface area (Å²) in [6.07, 6.45) is 4.14. The monoisotopic (exact) mass is 224 g/mol. The van der Waals surface area contributed by atoms with Gasteiger partial charge in [0.25, 0.3) is 0 Å². The molecule has 0 bridgehead atoms. The first-order valence-corrected chi connectivity index (χ1v) is 6.37. The van der Waals surface area contributed by atoms with Crippen molar-refractivity contribution in [2.24, 2.45) is 5.92 Å². The first-order chi connectivity index (χ1) is 7.60. The Morgan fingerprint density at radius 2 is 2.00 bits per heavy atom. The summed E-state index contributed by atoms with van der Waals surface area (Å²) in [6, 6.07) is 0. The number of aromatic hydroxyl groups is 1. The van der Waals surface area contributed by atoms with Crippen molar-refractivity contribution in [2.45, 2.75) is 59.9 Å². The molecule has 3 heteroatoms. The second kappa shape index (κ2) is 5.92. The van der Waals surface area contributed by atoms with E-state index >= 15 is 0 Å². The fraction of sp³-hybridized carbons (Fsp3) is 0.769. The van der Waals surface area contributed by atoms with Crippen LogP contribution in [0.15, 0.2) is 0 Å². The van der Waals surface area contributed by atoms with Gasteiger partial charge in [0.15, 0.2) is 0 Å². The highest BCUT2D eigenvalue weighted by Gasteiger charge is 2.16. The third-order valence-electron chi connectivity index (χ3n) is 2.82. The van der Waals surface area contributed by atoms with Gasteiger partial charge in [0.05, 0.1) is 0 Å². The van der Waals surface area contributed by atoms with Gasteiger partial charge in [-0.2, -0.15) is 0 Å². The number of hydrogen-bond acceptors (Lipinski definition) is 2. The van der Waals surface area contributed by atoms with Crippen LogP contribution in [0.5, 0.6) is 5.88 Å². The van der Waals surface area contributed by atoms with E-state index < -0.39 is 0 Å². The molecule has 0 saturated carbocycles. The van der Waals surface area contributed by atoms with Crippen molar-refractivity contribution in [1.82, 2.24) is 9.78 Å². The first kappa shape index (κ1) is 13.1. The Labute approximate surface area is 98.5 Å². The minimum absolute atomic E-state index is 0.231. The minimum Gasteiger partial charge on any atom is -0.492 e. The van der Waals surface area contributed by atoms with Gasteiger partial charge in [-0.3, -0.25) is 4.68 Å². The Morgan fingerprint density at radius 3 is 2.50 bits per heavy atom. The number of hydrogen-bond donors (Lipinski definition) is 1. The lowest BCUT2D eigenvalue weighted by atomic mass is 10.0. The van der Waals surface area contributed by atoms with Crippen molar-refractivity contribution in [3.05, 3.63) is 11.3 Å². The molecule has 0 amide bonds. The van der Waals surface area contributed by atoms with E-state index in [0.717, 1.165) is 37.8 Å². The molecule has 0 aliphatic carbocycles. The minimum atomic E-state index is 0.231. The molecule has 1 N–H and O–H groups in total. The van der Waals surface area contributed by atoms with E-state index in [4.69, 9.17) is 0 Å². The molecule has 0 radical (unpaired) electrons. The molecule has 0 aliphatic rings. The fourth-order valence-corrected chi connectivity index (χ4v) is 1.99. The molecule has 16 heavy (non-hydrogen) atoms. The van der Waals surface area contributed by atoms with Crippen LogP contribution in [0.2, 0.25) is 0 Å². The summed E-state index contributed by atoms with van der Waals surface area (Å²) in [5, 5.41) is 14.0. The van der Waals surface area contributed by atoms with E-state index in [1.165, 1.54) is 5.69 Å². The van der Waals surface area contributed by atoms with Crippen molar-refractivity contribution < 1.29 is 5.11 Å². The highest BCUT2D eigenvalue weighted by atomic mass is 16.3. The smallest absolute Gasteiger partial charge is 0.233 e. The van der Waals surface area contributed by atoms with Crippen molar-refractivity contribution >= 4 is 0 Å². The molecular formula is C13H24N2O. The van der Waals surface area contributed by atoms with Gasteiger partial charge in [0.2, 0.25) is 5.88 Å². The molecule has 1 aromatic rings. The van der Waals surface area contributed by atoms with E-state index in [1.54, 1.807) is 0 Å². The van der Waals surface area contributed by atoms with Crippen LogP contribution in [-0.4, -0.2) is 14.9 Å². The molecular weight excluding hydrogens is 200 g/mol. The maximum Gasteiger partial charge on any atom is 0.233 e. The number of unbranched alkanes of at least 4 members (excludes halogenated alkanes) is 1. The quantitative estimate of drug-likeness (QED) is 0.806. The predicted octanol–water partition coefficient (Wildman–Crippen LogP) is 3.15. The molecule has 92 valence electrons. The third kappa shape index (κ3) is 3.00. The largest absolute Gasteiger partial charge is 0.492 e. The summed E-state index contributed by atoms with van der Waals surface area (Å²) < 4.78 is 2.00. The molecule has 0 saturated heterocycles. The van der Waals surface area contributed by atoms with Gasteiger partial charge in [-0.15, -0.1) is 5.10 Å². The molecule has 3 nitrogen and oxygen atoms in total. The van der Waals surface area contributed by atoms with E-state index in [1.807, 2.05) is 4.68 Å². The van der Waals surface area contributed by atoms with Crippen LogP contribution in [0, 0.1) is 5.92 Å². The lowest BCUT2D eigenvalue weighted by molar-refractivity contribution is 0.429. The number of aromatic nitrogens is 2. The zero-order chi connectivity index (χ0) is 12.1. The Balaban J connectivity index is 2.96. The standard InChI is InChI=1S/C13H24N2O/c1-5-7-8-15-12(9-10(3)4)11(6-2)13(16)14-15/h10H,5-9H2,1-4H3,(H,14,16). The van der Waals surface area contributed by atoms with Gasteiger partial charge < -0.3 is 5.11 Å². The molecule has 1 heterocycles. The summed E-state index contributed by atoms with van der Waals surface area (Å²) in [7, 11) is 0. The second-order valence-electron chi connectivity index (χ2n) is 4.78. The SMILES string of the molecule is CCCCn1nc(O)c(CC)c1CC(C)C. The van der Waals surface area contributed by atoms with Crippen LogP contribution in [0.1, 0.15) is 51.8 Å². The van der Waals surface area contributed by atoms with Crippen molar-refractivity contribution in [2.75, 3.05) is 0 Å². The van der Waals surface area contributed by atoms with Crippen LogP contribution in [-0.2, 0) is 19.4 Å². The maximum atomic E-state index is 9.79. The zero-order valence-electron chi connectivity index (χ0n) is 11.0. The first-order valence-electron chi connectivity index (χ1n) is 6.37. The second-order valence-corrected chi connectivity index (χ2v) is 4.78. The van der Waals surface area contributed by atoms with E-state index in [2.05, 4.69) is 32.8 Å². The highest BCUT2D eigenvalue weighted by molar-refractivity contribution is 5.30. The summed E-state index contributed by atoms with van der Waals surface area (Å²) in [4.78, 5) is 0. The molecule has 0 spiro atoms. The Kier molecular flexibility index (Phi) is 4.84. The summed E-state index contributed by atoms with van der Waals surface area (Å²) in [5.74, 6) is 0.830. The number of aryl methyl sites for hydroxylation is 1. The van der Waals surface area contributed by atoms with Crippen LogP contribution < -0.4 is 0 Å². The Bertz CT molecular complexity index is 329.